The van der Waals surface area contributed by atoms with Gasteiger partial charge in [0.2, 0.25) is 0 Å². The molecule has 0 amide bonds. The number of ether oxygens (including phenoxy) is 1. The van der Waals surface area contributed by atoms with Gasteiger partial charge in [0.25, 0.3) is 0 Å². The molecule has 2 aromatic rings. The van der Waals surface area contributed by atoms with Gasteiger partial charge in [-0.15, -0.1) is 0 Å². The fourth-order valence-corrected chi connectivity index (χ4v) is 2.84. The second kappa shape index (κ2) is 6.74. The zero-order valence-corrected chi connectivity index (χ0v) is 16.4. The van der Waals surface area contributed by atoms with Gasteiger partial charge in [-0.05, 0) is 66.8 Å². The lowest BCUT2D eigenvalue weighted by Crippen LogP contribution is -2.41. The summed E-state index contributed by atoms with van der Waals surface area (Å²) in [6.07, 6.45) is 0. The van der Waals surface area contributed by atoms with Gasteiger partial charge in [-0.1, -0.05) is 24.3 Å². The molecule has 25 heavy (non-hydrogen) atoms. The van der Waals surface area contributed by atoms with E-state index in [1.807, 2.05) is 52.0 Å². The quantitative estimate of drug-likeness (QED) is 0.701. The first-order valence-corrected chi connectivity index (χ1v) is 9.00. The average Bonchev–Trinajstić information content (AvgIpc) is 2.77. The third-order valence-electron chi connectivity index (χ3n) is 4.85. The van der Waals surface area contributed by atoms with Crippen molar-refractivity contribution in [1.29, 1.82) is 0 Å². The molecule has 0 aromatic heterocycles. The highest BCUT2D eigenvalue weighted by molar-refractivity contribution is 9.10. The van der Waals surface area contributed by atoms with Crippen molar-refractivity contribution in [3.8, 4) is 5.75 Å². The maximum Gasteiger partial charge on any atom is 0.495 e. The van der Waals surface area contributed by atoms with E-state index < -0.39 is 18.3 Å². The van der Waals surface area contributed by atoms with Gasteiger partial charge in [-0.25, -0.2) is 4.39 Å². The molecule has 0 saturated carbocycles. The molecule has 1 saturated heterocycles. The molecule has 0 unspecified atom stereocenters. The van der Waals surface area contributed by atoms with Crippen LogP contribution < -0.4 is 10.2 Å². The lowest BCUT2D eigenvalue weighted by Gasteiger charge is -2.32. The zero-order chi connectivity index (χ0) is 18.2. The lowest BCUT2D eigenvalue weighted by atomic mass is 9.76. The van der Waals surface area contributed by atoms with Crippen LogP contribution in [0.1, 0.15) is 33.3 Å². The minimum Gasteiger partial charge on any atom is -0.489 e. The van der Waals surface area contributed by atoms with Crippen molar-refractivity contribution < 1.29 is 18.4 Å². The van der Waals surface area contributed by atoms with Gasteiger partial charge in [-0.2, -0.15) is 0 Å². The molecule has 1 heterocycles. The van der Waals surface area contributed by atoms with Crippen LogP contribution >= 0.6 is 15.9 Å². The second-order valence-corrected chi connectivity index (χ2v) is 8.01. The van der Waals surface area contributed by atoms with E-state index in [4.69, 9.17) is 14.0 Å². The highest BCUT2D eigenvalue weighted by Crippen LogP contribution is 2.36. The Morgan fingerprint density at radius 2 is 1.68 bits per heavy atom. The molecule has 0 bridgehead atoms. The van der Waals surface area contributed by atoms with Crippen LogP contribution in [-0.4, -0.2) is 18.3 Å². The predicted octanol–water partition coefficient (Wildman–Crippen LogP) is 4.47. The van der Waals surface area contributed by atoms with Crippen molar-refractivity contribution in [2.75, 3.05) is 0 Å². The Morgan fingerprint density at radius 1 is 1.04 bits per heavy atom. The molecule has 3 rings (SSSR count). The van der Waals surface area contributed by atoms with Gasteiger partial charge in [0, 0.05) is 6.07 Å². The molecule has 132 valence electrons. The molecule has 0 atom stereocenters. The minimum atomic E-state index is -0.452. The van der Waals surface area contributed by atoms with Crippen LogP contribution in [-0.2, 0) is 15.9 Å². The molecule has 0 spiro atoms. The van der Waals surface area contributed by atoms with E-state index in [1.54, 1.807) is 12.1 Å². The van der Waals surface area contributed by atoms with Crippen LogP contribution in [0, 0.1) is 5.82 Å². The number of hydrogen-bond donors (Lipinski definition) is 0. The van der Waals surface area contributed by atoms with Crippen molar-refractivity contribution in [2.45, 2.75) is 45.5 Å². The van der Waals surface area contributed by atoms with E-state index in [0.29, 0.717) is 16.8 Å². The third kappa shape index (κ3) is 3.76. The van der Waals surface area contributed by atoms with Crippen molar-refractivity contribution in [3.63, 3.8) is 0 Å². The van der Waals surface area contributed by atoms with Crippen molar-refractivity contribution in [1.82, 2.24) is 0 Å². The summed E-state index contributed by atoms with van der Waals surface area (Å²) in [6.45, 7) is 8.40. The van der Waals surface area contributed by atoms with E-state index in [9.17, 15) is 4.39 Å². The predicted molar refractivity (Wildman–Crippen MR) is 101 cm³/mol. The summed E-state index contributed by atoms with van der Waals surface area (Å²) in [5, 5.41) is 0. The molecule has 0 aliphatic carbocycles. The van der Waals surface area contributed by atoms with Crippen LogP contribution in [0.5, 0.6) is 5.75 Å². The van der Waals surface area contributed by atoms with E-state index in [2.05, 4.69) is 15.9 Å². The smallest absolute Gasteiger partial charge is 0.489 e. The first kappa shape index (κ1) is 18.4. The van der Waals surface area contributed by atoms with Crippen LogP contribution in [0.25, 0.3) is 0 Å². The Bertz CT molecular complexity index is 763. The Morgan fingerprint density at radius 3 is 2.32 bits per heavy atom. The molecule has 0 N–H and O–H groups in total. The van der Waals surface area contributed by atoms with Gasteiger partial charge in [0.05, 0.1) is 15.7 Å². The summed E-state index contributed by atoms with van der Waals surface area (Å²) in [4.78, 5) is 0. The molecule has 6 heteroatoms. The topological polar surface area (TPSA) is 27.7 Å². The van der Waals surface area contributed by atoms with Crippen molar-refractivity contribution >= 4 is 28.5 Å². The monoisotopic (exact) mass is 406 g/mol. The Balaban J connectivity index is 1.79. The average molecular weight is 407 g/mol. The number of hydrogen-bond acceptors (Lipinski definition) is 3. The van der Waals surface area contributed by atoms with E-state index in [-0.39, 0.29) is 5.82 Å². The van der Waals surface area contributed by atoms with Crippen LogP contribution in [0.15, 0.2) is 46.9 Å². The zero-order valence-electron chi connectivity index (χ0n) is 14.8. The molecular weight excluding hydrogens is 386 g/mol. The molecular formula is C19H21BBrFO3. The molecule has 3 nitrogen and oxygen atoms in total. The summed E-state index contributed by atoms with van der Waals surface area (Å²) >= 11 is 3.14. The Hall–Kier alpha value is -1.37. The highest BCUT2D eigenvalue weighted by Gasteiger charge is 2.52. The summed E-state index contributed by atoms with van der Waals surface area (Å²) in [5.74, 6) is 0.126. The maximum absolute atomic E-state index is 13.6. The molecule has 1 aliphatic rings. The largest absolute Gasteiger partial charge is 0.495 e. The van der Waals surface area contributed by atoms with Gasteiger partial charge >= 0.3 is 7.12 Å². The normalized spacial score (nSPS) is 18.4. The van der Waals surface area contributed by atoms with E-state index >= 15 is 0 Å². The van der Waals surface area contributed by atoms with E-state index in [0.717, 1.165) is 11.0 Å². The summed E-state index contributed by atoms with van der Waals surface area (Å²) < 4.78 is 32.1. The van der Waals surface area contributed by atoms with Gasteiger partial charge < -0.3 is 14.0 Å². The van der Waals surface area contributed by atoms with E-state index in [1.165, 1.54) is 6.07 Å². The van der Waals surface area contributed by atoms with Gasteiger partial charge in [0.15, 0.2) is 0 Å². The van der Waals surface area contributed by atoms with Crippen LogP contribution in [0.4, 0.5) is 4.39 Å². The number of halogens is 2. The lowest BCUT2D eigenvalue weighted by molar-refractivity contribution is 0.00578. The Kier molecular flexibility index (Phi) is 4.97. The van der Waals surface area contributed by atoms with Crippen molar-refractivity contribution in [2.24, 2.45) is 0 Å². The SMILES string of the molecule is CC1(C)OB(c2ccccc2COc2ccc(Br)c(F)c2)OC1(C)C. The first-order valence-electron chi connectivity index (χ1n) is 8.21. The Labute approximate surface area is 156 Å². The van der Waals surface area contributed by atoms with Crippen LogP contribution in [0.2, 0.25) is 0 Å². The molecule has 2 aromatic carbocycles. The standard InChI is InChI=1S/C19H21BBrFO3/c1-18(2)19(3,4)25-20(24-18)15-8-6-5-7-13(15)12-23-14-9-10-16(21)17(22)11-14/h5-11H,12H2,1-4H3. The fourth-order valence-electron chi connectivity index (χ4n) is 2.59. The van der Waals surface area contributed by atoms with Gasteiger partial charge in [0.1, 0.15) is 18.2 Å². The number of rotatable bonds is 4. The third-order valence-corrected chi connectivity index (χ3v) is 5.49. The highest BCUT2D eigenvalue weighted by atomic mass is 79.9. The maximum atomic E-state index is 13.6. The molecule has 1 fully saturated rings. The second-order valence-electron chi connectivity index (χ2n) is 7.15. The van der Waals surface area contributed by atoms with Gasteiger partial charge in [-0.3, -0.25) is 0 Å². The molecule has 0 radical (unpaired) electrons. The summed E-state index contributed by atoms with van der Waals surface area (Å²) in [7, 11) is -0.452. The minimum absolute atomic E-state index is 0.307. The fraction of sp³-hybridized carbons (Fsp3) is 0.368. The van der Waals surface area contributed by atoms with Crippen LogP contribution in [0.3, 0.4) is 0 Å². The summed E-state index contributed by atoms with van der Waals surface area (Å²) in [5.41, 5.74) is 1.07. The molecule has 1 aliphatic heterocycles. The van der Waals surface area contributed by atoms with Crippen molar-refractivity contribution in [3.05, 3.63) is 58.3 Å². The first-order chi connectivity index (χ1) is 11.7. The number of benzene rings is 2. The summed E-state index contributed by atoms with van der Waals surface area (Å²) in [6, 6.07) is 12.5.